The van der Waals surface area contributed by atoms with Gasteiger partial charge < -0.3 is 9.64 Å². The molecule has 0 bridgehead atoms. The van der Waals surface area contributed by atoms with Gasteiger partial charge in [0, 0.05) is 19.9 Å². The Kier molecular flexibility index (Phi) is 5.03. The van der Waals surface area contributed by atoms with E-state index in [0.717, 1.165) is 18.5 Å². The quantitative estimate of drug-likeness (QED) is 0.824. The number of benzene rings is 1. The monoisotopic (exact) mass is 310 g/mol. The van der Waals surface area contributed by atoms with Crippen LogP contribution in [0.3, 0.4) is 0 Å². The molecule has 0 fully saturated rings. The van der Waals surface area contributed by atoms with Gasteiger partial charge in [0.15, 0.2) is 0 Å². The largest absolute Gasteiger partial charge is 0.383 e. The fraction of sp³-hybridized carbons (Fsp3) is 0.368. The maximum absolute atomic E-state index is 13.1. The van der Waals surface area contributed by atoms with Crippen LogP contribution in [0.15, 0.2) is 48.7 Å². The third kappa shape index (κ3) is 3.59. The van der Waals surface area contributed by atoms with E-state index in [-0.39, 0.29) is 11.8 Å². The summed E-state index contributed by atoms with van der Waals surface area (Å²) in [4.78, 5) is 19.3. The summed E-state index contributed by atoms with van der Waals surface area (Å²) in [6.07, 6.45) is 3.64. The van der Waals surface area contributed by atoms with Crippen molar-refractivity contribution in [1.29, 1.82) is 0 Å². The molecule has 0 saturated heterocycles. The zero-order chi connectivity index (χ0) is 16.1. The number of nitrogens with zero attached hydrogens (tertiary/aromatic N) is 2. The van der Waals surface area contributed by atoms with Gasteiger partial charge in [0.25, 0.3) is 0 Å². The summed E-state index contributed by atoms with van der Waals surface area (Å²) in [6.45, 7) is 1.65. The first kappa shape index (κ1) is 15.7. The molecule has 0 spiro atoms. The molecule has 1 heterocycles. The van der Waals surface area contributed by atoms with Crippen LogP contribution in [0.5, 0.6) is 0 Å². The first-order chi connectivity index (χ1) is 11.3. The number of ether oxygens (including phenoxy) is 1. The number of fused-ring (bicyclic) bond motifs is 1. The number of aromatic nitrogens is 1. The molecular weight excluding hydrogens is 288 g/mol. The topological polar surface area (TPSA) is 42.4 Å². The van der Waals surface area contributed by atoms with Crippen LogP contribution in [0.25, 0.3) is 0 Å². The van der Waals surface area contributed by atoms with Gasteiger partial charge in [-0.15, -0.1) is 0 Å². The van der Waals surface area contributed by atoms with Gasteiger partial charge in [-0.1, -0.05) is 30.3 Å². The van der Waals surface area contributed by atoms with Gasteiger partial charge in [-0.05, 0) is 36.1 Å². The van der Waals surface area contributed by atoms with E-state index in [0.29, 0.717) is 19.7 Å². The summed E-state index contributed by atoms with van der Waals surface area (Å²) < 4.78 is 5.18. The van der Waals surface area contributed by atoms with E-state index in [9.17, 15) is 4.79 Å². The third-order valence-electron chi connectivity index (χ3n) is 4.39. The molecule has 1 atom stereocenters. The summed E-state index contributed by atoms with van der Waals surface area (Å²) in [5, 5.41) is 0. The van der Waals surface area contributed by atoms with E-state index in [1.807, 2.05) is 35.2 Å². The molecule has 1 aromatic carbocycles. The number of aryl methyl sites for hydroxylation is 1. The lowest BCUT2D eigenvalue weighted by Gasteiger charge is -2.25. The smallest absolute Gasteiger partial charge is 0.230 e. The lowest BCUT2D eigenvalue weighted by molar-refractivity contribution is -0.134. The molecule has 0 saturated carbocycles. The van der Waals surface area contributed by atoms with Gasteiger partial charge in [-0.3, -0.25) is 9.78 Å². The van der Waals surface area contributed by atoms with E-state index >= 15 is 0 Å². The van der Waals surface area contributed by atoms with E-state index in [2.05, 4.69) is 17.1 Å². The second kappa shape index (κ2) is 7.38. The van der Waals surface area contributed by atoms with Crippen molar-refractivity contribution in [3.63, 3.8) is 0 Å². The predicted octanol–water partition coefficient (Wildman–Crippen LogP) is 2.79. The Morgan fingerprint density at radius 3 is 2.87 bits per heavy atom. The van der Waals surface area contributed by atoms with Crippen LogP contribution in [-0.4, -0.2) is 36.1 Å². The summed E-state index contributed by atoms with van der Waals surface area (Å²) >= 11 is 0. The van der Waals surface area contributed by atoms with E-state index in [4.69, 9.17) is 4.74 Å². The number of amides is 1. The molecule has 1 aliphatic carbocycles. The van der Waals surface area contributed by atoms with Crippen LogP contribution in [0, 0.1) is 0 Å². The number of carbonyl (C=O) groups excluding carboxylic acids is 1. The number of rotatable bonds is 6. The van der Waals surface area contributed by atoms with Crippen LogP contribution in [0.2, 0.25) is 0 Å². The summed E-state index contributed by atoms with van der Waals surface area (Å²) in [5.41, 5.74) is 3.39. The third-order valence-corrected chi connectivity index (χ3v) is 4.39. The molecule has 0 aliphatic heterocycles. The number of hydrogen-bond acceptors (Lipinski definition) is 3. The number of methoxy groups -OCH3 is 1. The number of pyridine rings is 1. The Bertz CT molecular complexity index is 657. The molecule has 2 aromatic rings. The minimum Gasteiger partial charge on any atom is -0.383 e. The van der Waals surface area contributed by atoms with Crippen molar-refractivity contribution in [1.82, 2.24) is 9.88 Å². The molecule has 0 radical (unpaired) electrons. The lowest BCUT2D eigenvalue weighted by Crippen LogP contribution is -2.36. The molecular formula is C19H22N2O2. The Labute approximate surface area is 137 Å². The molecule has 1 unspecified atom stereocenters. The Morgan fingerprint density at radius 2 is 2.09 bits per heavy atom. The normalized spacial score (nSPS) is 16.1. The van der Waals surface area contributed by atoms with Gasteiger partial charge in [0.1, 0.15) is 0 Å². The molecule has 4 heteroatoms. The second-order valence-electron chi connectivity index (χ2n) is 5.86. The van der Waals surface area contributed by atoms with Crippen molar-refractivity contribution < 1.29 is 9.53 Å². The Hall–Kier alpha value is -2.20. The maximum atomic E-state index is 13.1. The van der Waals surface area contributed by atoms with Crippen LogP contribution in [-0.2, 0) is 22.5 Å². The van der Waals surface area contributed by atoms with Crippen LogP contribution < -0.4 is 0 Å². The van der Waals surface area contributed by atoms with Crippen LogP contribution in [0.4, 0.5) is 0 Å². The van der Waals surface area contributed by atoms with E-state index < -0.39 is 0 Å². The van der Waals surface area contributed by atoms with Crippen molar-refractivity contribution in [2.75, 3.05) is 20.3 Å². The van der Waals surface area contributed by atoms with Crippen molar-refractivity contribution in [2.45, 2.75) is 25.3 Å². The second-order valence-corrected chi connectivity index (χ2v) is 5.86. The summed E-state index contributed by atoms with van der Waals surface area (Å²) in [6, 6.07) is 14.1. The highest BCUT2D eigenvalue weighted by Gasteiger charge is 2.31. The highest BCUT2D eigenvalue weighted by Crippen LogP contribution is 2.34. The van der Waals surface area contributed by atoms with Gasteiger partial charge in [0.2, 0.25) is 5.91 Å². The Morgan fingerprint density at radius 1 is 1.26 bits per heavy atom. The van der Waals surface area contributed by atoms with Gasteiger partial charge in [-0.2, -0.15) is 0 Å². The first-order valence-corrected chi connectivity index (χ1v) is 8.05. The molecule has 23 heavy (non-hydrogen) atoms. The highest BCUT2D eigenvalue weighted by atomic mass is 16.5. The maximum Gasteiger partial charge on any atom is 0.230 e. The SMILES string of the molecule is COCCN(Cc1ccccn1)C(=O)C1CCc2ccccc21. The average molecular weight is 310 g/mol. The zero-order valence-corrected chi connectivity index (χ0v) is 13.4. The summed E-state index contributed by atoms with van der Waals surface area (Å²) in [7, 11) is 1.66. The fourth-order valence-electron chi connectivity index (χ4n) is 3.19. The predicted molar refractivity (Wildman–Crippen MR) is 89.0 cm³/mol. The molecule has 1 amide bonds. The van der Waals surface area contributed by atoms with Crippen molar-refractivity contribution in [2.24, 2.45) is 0 Å². The van der Waals surface area contributed by atoms with Crippen molar-refractivity contribution in [3.8, 4) is 0 Å². The minimum atomic E-state index is -0.0354. The average Bonchev–Trinajstić information content (AvgIpc) is 3.03. The van der Waals surface area contributed by atoms with Crippen LogP contribution >= 0.6 is 0 Å². The standard InChI is InChI=1S/C19H22N2O2/c1-23-13-12-21(14-16-7-4-5-11-20-16)19(22)18-10-9-15-6-2-3-8-17(15)18/h2-8,11,18H,9-10,12-14H2,1H3. The molecule has 3 rings (SSSR count). The molecule has 120 valence electrons. The molecule has 1 aliphatic rings. The van der Waals surface area contributed by atoms with Gasteiger partial charge in [-0.25, -0.2) is 0 Å². The first-order valence-electron chi connectivity index (χ1n) is 8.05. The fourth-order valence-corrected chi connectivity index (χ4v) is 3.19. The minimum absolute atomic E-state index is 0.0354. The zero-order valence-electron chi connectivity index (χ0n) is 13.4. The van der Waals surface area contributed by atoms with Gasteiger partial charge in [0.05, 0.1) is 24.8 Å². The summed E-state index contributed by atoms with van der Waals surface area (Å²) in [5.74, 6) is 0.143. The molecule has 1 aromatic heterocycles. The number of carbonyl (C=O) groups is 1. The molecule has 0 N–H and O–H groups in total. The van der Waals surface area contributed by atoms with E-state index in [1.165, 1.54) is 11.1 Å². The Balaban J connectivity index is 1.78. The highest BCUT2D eigenvalue weighted by molar-refractivity contribution is 5.85. The van der Waals surface area contributed by atoms with E-state index in [1.54, 1.807) is 13.3 Å². The van der Waals surface area contributed by atoms with Crippen LogP contribution in [0.1, 0.15) is 29.2 Å². The number of hydrogen-bond donors (Lipinski definition) is 0. The van der Waals surface area contributed by atoms with Gasteiger partial charge >= 0.3 is 0 Å². The van der Waals surface area contributed by atoms with Crippen molar-refractivity contribution in [3.05, 3.63) is 65.5 Å². The lowest BCUT2D eigenvalue weighted by atomic mass is 9.99. The molecule has 4 nitrogen and oxygen atoms in total. The van der Waals surface area contributed by atoms with Crippen molar-refractivity contribution >= 4 is 5.91 Å².